The molecule has 0 saturated heterocycles. The zero-order valence-corrected chi connectivity index (χ0v) is 30.9. The number of carbonyl (C=O) groups is 3. The van der Waals surface area contributed by atoms with E-state index in [1.807, 2.05) is 44.2 Å². The van der Waals surface area contributed by atoms with Gasteiger partial charge in [0.05, 0.1) is 7.11 Å². The highest BCUT2D eigenvalue weighted by atomic mass is 16.5. The summed E-state index contributed by atoms with van der Waals surface area (Å²) in [5, 5.41) is 20.2. The maximum absolute atomic E-state index is 14.3. The lowest BCUT2D eigenvalue weighted by atomic mass is 9.72. The molecule has 13 heteroatoms. The molecule has 0 saturated carbocycles. The monoisotopic (exact) mass is 725 g/mol. The molecular formula is C40H47N5O8. The number of oxazole rings is 2. The minimum atomic E-state index is -1.30. The summed E-state index contributed by atoms with van der Waals surface area (Å²) in [5.74, 6) is -1.03. The number of para-hydroxylation sites is 1. The number of hydrogen-bond donors (Lipinski definition) is 4. The van der Waals surface area contributed by atoms with Crippen LogP contribution in [0.15, 0.2) is 51.5 Å². The van der Waals surface area contributed by atoms with Crippen LogP contribution in [0, 0.1) is 11.8 Å². The van der Waals surface area contributed by atoms with Crippen LogP contribution in [0.3, 0.4) is 0 Å². The normalized spacial score (nSPS) is 21.8. The molecule has 4 aromatic rings. The summed E-state index contributed by atoms with van der Waals surface area (Å²) in [6.45, 7) is 9.51. The molecule has 280 valence electrons. The summed E-state index contributed by atoms with van der Waals surface area (Å²) in [4.78, 5) is 49.6. The largest absolute Gasteiger partial charge is 0.468 e. The fraction of sp³-hybridized carbons (Fsp3) is 0.475. The molecule has 4 N–H and O–H groups in total. The summed E-state index contributed by atoms with van der Waals surface area (Å²) >= 11 is 0. The van der Waals surface area contributed by atoms with Crippen molar-refractivity contribution < 1.29 is 37.8 Å². The maximum Gasteiger partial charge on any atom is 0.360 e. The third-order valence-corrected chi connectivity index (χ3v) is 10.5. The molecule has 4 bridgehead atoms. The number of esters is 1. The van der Waals surface area contributed by atoms with E-state index < -0.39 is 47.6 Å². The van der Waals surface area contributed by atoms with Gasteiger partial charge in [0, 0.05) is 17.7 Å². The van der Waals surface area contributed by atoms with Crippen molar-refractivity contribution in [2.24, 2.45) is 11.8 Å². The summed E-state index contributed by atoms with van der Waals surface area (Å²) in [6.07, 6.45) is 4.28. The molecule has 0 aliphatic carbocycles. The number of methoxy groups -OCH3 is 1. The second-order valence-corrected chi connectivity index (χ2v) is 14.9. The van der Waals surface area contributed by atoms with Crippen LogP contribution in [0.4, 0.5) is 5.69 Å². The van der Waals surface area contributed by atoms with E-state index in [4.69, 9.17) is 23.3 Å². The van der Waals surface area contributed by atoms with Crippen LogP contribution >= 0.6 is 0 Å². The molecule has 0 fully saturated rings. The second-order valence-electron chi connectivity index (χ2n) is 14.9. The molecule has 1 unspecified atom stereocenters. The van der Waals surface area contributed by atoms with Gasteiger partial charge >= 0.3 is 5.97 Å². The number of carbonyl (C=O) groups excluding carboxylic acids is 3. The van der Waals surface area contributed by atoms with E-state index in [-0.39, 0.29) is 41.4 Å². The third kappa shape index (κ3) is 6.24. The fourth-order valence-corrected chi connectivity index (χ4v) is 7.70. The van der Waals surface area contributed by atoms with E-state index in [2.05, 4.69) is 33.9 Å². The Morgan fingerprint density at radius 2 is 1.87 bits per heavy atom. The predicted octanol–water partition coefficient (Wildman–Crippen LogP) is 5.59. The number of aromatic nitrogens is 2. The molecule has 3 aliphatic rings. The van der Waals surface area contributed by atoms with Crippen molar-refractivity contribution in [2.75, 3.05) is 12.4 Å². The lowest BCUT2D eigenvalue weighted by molar-refractivity contribution is -0.135. The average molecular weight is 726 g/mol. The van der Waals surface area contributed by atoms with Gasteiger partial charge in [0.1, 0.15) is 35.6 Å². The molecule has 5 atom stereocenters. The number of aryl methyl sites for hydroxylation is 1. The second kappa shape index (κ2) is 14.3. The van der Waals surface area contributed by atoms with Gasteiger partial charge in [-0.05, 0) is 47.4 Å². The van der Waals surface area contributed by atoms with E-state index in [1.165, 1.54) is 13.4 Å². The molecule has 3 aliphatic heterocycles. The Morgan fingerprint density at radius 1 is 1.08 bits per heavy atom. The van der Waals surface area contributed by atoms with Crippen molar-refractivity contribution in [3.8, 4) is 17.3 Å². The number of hydrogen-bond acceptors (Lipinski definition) is 11. The first-order valence-corrected chi connectivity index (χ1v) is 18.5. The summed E-state index contributed by atoms with van der Waals surface area (Å²) < 4.78 is 24.7. The smallest absolute Gasteiger partial charge is 0.360 e. The molecular weight excluding hydrogens is 678 g/mol. The minimum absolute atomic E-state index is 0.0359. The number of nitrogens with zero attached hydrogens (tertiary/aromatic N) is 2. The van der Waals surface area contributed by atoms with Crippen molar-refractivity contribution in [2.45, 2.75) is 103 Å². The Morgan fingerprint density at radius 3 is 2.60 bits per heavy atom. The van der Waals surface area contributed by atoms with Crippen molar-refractivity contribution in [1.29, 1.82) is 0 Å². The van der Waals surface area contributed by atoms with Gasteiger partial charge < -0.3 is 39.4 Å². The fourth-order valence-electron chi connectivity index (χ4n) is 7.70. The van der Waals surface area contributed by atoms with Crippen molar-refractivity contribution >= 4 is 23.5 Å². The van der Waals surface area contributed by atoms with Gasteiger partial charge in [-0.1, -0.05) is 84.2 Å². The van der Waals surface area contributed by atoms with Crippen molar-refractivity contribution in [1.82, 2.24) is 20.6 Å². The number of amides is 2. The van der Waals surface area contributed by atoms with Gasteiger partial charge in [0.2, 0.25) is 23.6 Å². The zero-order chi connectivity index (χ0) is 37.6. The number of benzene rings is 2. The summed E-state index contributed by atoms with van der Waals surface area (Å²) in [7, 11) is 1.27. The van der Waals surface area contributed by atoms with Crippen LogP contribution in [0.1, 0.15) is 111 Å². The third-order valence-electron chi connectivity index (χ3n) is 10.5. The molecule has 7 rings (SSSR count). The Hall–Kier alpha value is -5.17. The molecule has 2 aromatic carbocycles. The van der Waals surface area contributed by atoms with E-state index in [0.29, 0.717) is 11.5 Å². The molecule has 5 heterocycles. The first-order valence-electron chi connectivity index (χ1n) is 18.5. The van der Waals surface area contributed by atoms with Crippen LogP contribution in [0.5, 0.6) is 5.75 Å². The summed E-state index contributed by atoms with van der Waals surface area (Å²) in [5.41, 5.74) is 3.40. The highest BCUT2D eigenvalue weighted by molar-refractivity contribution is 5.90. The standard InChI is InChI=1S/C40H47N5O8/c1-7-8-9-10-13-23-16-22-17-25-32(23)52-39-40(25,24-14-11-12-15-26(24)43-39)33-30(36-42-28(19-51-36)38(49)50-6)45-37(53-33)29(20(2)3)44-34(47)27(18-22)41-35(48)31(46)21(4)5/h11-12,14-17,19-21,27,29,31,39,43,46H,7-10,13,18H2,1-6H3,(H,41,48)(H,44,47)/t27-,29-,31-,39+,40?/m0/s1. The first-order chi connectivity index (χ1) is 25.5. The van der Waals surface area contributed by atoms with Crippen LogP contribution in [-0.4, -0.2) is 58.3 Å². The number of anilines is 1. The van der Waals surface area contributed by atoms with Crippen LogP contribution in [0.25, 0.3) is 11.6 Å². The highest BCUT2D eigenvalue weighted by Gasteiger charge is 2.61. The highest BCUT2D eigenvalue weighted by Crippen LogP contribution is 2.60. The van der Waals surface area contributed by atoms with Gasteiger partial charge in [0.15, 0.2) is 23.4 Å². The quantitative estimate of drug-likeness (QED) is 0.112. The number of aliphatic hydroxyl groups is 1. The molecule has 13 nitrogen and oxygen atoms in total. The van der Waals surface area contributed by atoms with Gasteiger partial charge in [-0.3, -0.25) is 9.59 Å². The predicted molar refractivity (Wildman–Crippen MR) is 194 cm³/mol. The topological polar surface area (TPSA) is 178 Å². The lowest BCUT2D eigenvalue weighted by Crippen LogP contribution is -2.52. The van der Waals surface area contributed by atoms with Crippen LogP contribution < -0.4 is 20.7 Å². The molecule has 2 aromatic heterocycles. The number of ether oxygens (including phenoxy) is 2. The Kier molecular flexibility index (Phi) is 9.79. The summed E-state index contributed by atoms with van der Waals surface area (Å²) in [6, 6.07) is 10.2. The average Bonchev–Trinajstić information content (AvgIpc) is 3.92. The molecule has 1 spiro atoms. The van der Waals surface area contributed by atoms with Gasteiger partial charge in [-0.2, -0.15) is 0 Å². The maximum atomic E-state index is 14.3. The molecule has 0 radical (unpaired) electrons. The number of aliphatic hydroxyl groups excluding tert-OH is 1. The first kappa shape index (κ1) is 36.2. The van der Waals surface area contributed by atoms with Crippen molar-refractivity contribution in [3.63, 3.8) is 0 Å². The van der Waals surface area contributed by atoms with E-state index in [0.717, 1.165) is 60.0 Å². The minimum Gasteiger partial charge on any atom is -0.468 e. The molecule has 53 heavy (non-hydrogen) atoms. The van der Waals surface area contributed by atoms with Crippen LogP contribution in [0.2, 0.25) is 0 Å². The van der Waals surface area contributed by atoms with Gasteiger partial charge in [0.25, 0.3) is 0 Å². The Balaban J connectivity index is 1.50. The van der Waals surface area contributed by atoms with Crippen molar-refractivity contribution in [3.05, 3.63) is 82.3 Å². The van der Waals surface area contributed by atoms with Gasteiger partial charge in [-0.25, -0.2) is 14.8 Å². The van der Waals surface area contributed by atoms with E-state index >= 15 is 0 Å². The zero-order valence-electron chi connectivity index (χ0n) is 30.9. The van der Waals surface area contributed by atoms with E-state index in [9.17, 15) is 19.5 Å². The van der Waals surface area contributed by atoms with Gasteiger partial charge in [-0.15, -0.1) is 0 Å². The SMILES string of the molecule is CCCCCCc1cc2cc3c1O[C@H]1Nc4ccccc4C31c1oc(nc1-c1nc(C(=O)OC)co1)[C@H](C(C)C)NC(=O)[C@@H](NC(=O)[C@@H](O)C(C)C)C2. The molecule has 2 amide bonds. The number of rotatable bonds is 11. The number of unbranched alkanes of at least 4 members (excludes halogenated alkanes) is 3. The number of fused-ring (bicyclic) bond motifs is 4. The Labute approximate surface area is 308 Å². The number of nitrogens with one attached hydrogen (secondary N) is 3. The van der Waals surface area contributed by atoms with E-state index in [1.54, 1.807) is 13.8 Å². The lowest BCUT2D eigenvalue weighted by Gasteiger charge is -2.29. The van der Waals surface area contributed by atoms with Crippen LogP contribution in [-0.2, 0) is 32.6 Å². The Bertz CT molecular complexity index is 2030.